The normalized spacial score (nSPS) is 11.9. The zero-order valence-electron chi connectivity index (χ0n) is 17.7. The van der Waals surface area contributed by atoms with E-state index in [0.29, 0.717) is 13.0 Å². The zero-order valence-corrected chi connectivity index (χ0v) is 17.7. The lowest BCUT2D eigenvalue weighted by molar-refractivity contribution is -0.121. The molecule has 1 heterocycles. The largest absolute Gasteiger partial charge is 0.489 e. The number of carbonyl (C=O) groups excluding carboxylic acids is 1. The Labute approximate surface area is 172 Å². The minimum atomic E-state index is -0.0277. The predicted octanol–water partition coefficient (Wildman–Crippen LogP) is 4.91. The van der Waals surface area contributed by atoms with Crippen molar-refractivity contribution in [2.24, 2.45) is 0 Å². The molecule has 152 valence electrons. The number of aromatic nitrogens is 1. The van der Waals surface area contributed by atoms with Gasteiger partial charge >= 0.3 is 0 Å². The van der Waals surface area contributed by atoms with E-state index >= 15 is 0 Å². The summed E-state index contributed by atoms with van der Waals surface area (Å²) in [5.41, 5.74) is 6.28. The minimum absolute atomic E-state index is 0.00259. The summed E-state index contributed by atoms with van der Waals surface area (Å²) in [5.74, 6) is 1.52. The Morgan fingerprint density at radius 2 is 1.83 bits per heavy atom. The Bertz CT molecular complexity index is 970. The highest BCUT2D eigenvalue weighted by Gasteiger charge is 2.13. The molecule has 0 fully saturated rings. The van der Waals surface area contributed by atoms with Crippen molar-refractivity contribution in [1.29, 1.82) is 0 Å². The van der Waals surface area contributed by atoms with E-state index in [1.807, 2.05) is 45.0 Å². The van der Waals surface area contributed by atoms with Crippen molar-refractivity contribution < 1.29 is 14.1 Å². The summed E-state index contributed by atoms with van der Waals surface area (Å²) >= 11 is 0. The highest BCUT2D eigenvalue weighted by atomic mass is 16.5. The van der Waals surface area contributed by atoms with Gasteiger partial charge in [0.2, 0.25) is 5.91 Å². The lowest BCUT2D eigenvalue weighted by Gasteiger charge is -2.17. The second kappa shape index (κ2) is 8.95. The molecule has 1 amide bonds. The van der Waals surface area contributed by atoms with E-state index < -0.39 is 0 Å². The molecule has 3 rings (SSSR count). The van der Waals surface area contributed by atoms with Gasteiger partial charge in [0.15, 0.2) is 0 Å². The van der Waals surface area contributed by atoms with Crippen molar-refractivity contribution in [3.63, 3.8) is 0 Å². The number of carbonyl (C=O) groups is 1. The van der Waals surface area contributed by atoms with Crippen molar-refractivity contribution in [3.8, 4) is 5.75 Å². The SMILES string of the molecule is Cc1ccc(C)c(C(C)NC(=O)Cc2ccc(OCc3c(C)noc3C)cc2)c1. The number of ether oxygens (including phenoxy) is 1. The fourth-order valence-corrected chi connectivity index (χ4v) is 3.35. The molecule has 1 aromatic heterocycles. The number of hydrogen-bond acceptors (Lipinski definition) is 4. The van der Waals surface area contributed by atoms with Gasteiger partial charge in [-0.15, -0.1) is 0 Å². The quantitative estimate of drug-likeness (QED) is 0.621. The van der Waals surface area contributed by atoms with Crippen LogP contribution in [0.1, 0.15) is 52.2 Å². The first-order chi connectivity index (χ1) is 13.8. The molecule has 0 aliphatic rings. The molecule has 5 heteroatoms. The number of hydrogen-bond donors (Lipinski definition) is 1. The maximum Gasteiger partial charge on any atom is 0.224 e. The van der Waals surface area contributed by atoms with Gasteiger partial charge in [-0.3, -0.25) is 4.79 Å². The summed E-state index contributed by atoms with van der Waals surface area (Å²) in [6.07, 6.45) is 0.333. The Morgan fingerprint density at radius 1 is 1.10 bits per heavy atom. The Balaban J connectivity index is 1.55. The molecule has 0 saturated heterocycles. The smallest absolute Gasteiger partial charge is 0.224 e. The molecule has 0 radical (unpaired) electrons. The molecular formula is C24H28N2O3. The molecule has 1 N–H and O–H groups in total. The molecule has 1 atom stereocenters. The highest BCUT2D eigenvalue weighted by molar-refractivity contribution is 5.79. The van der Waals surface area contributed by atoms with Crippen LogP contribution in [0, 0.1) is 27.7 Å². The number of benzene rings is 2. The zero-order chi connectivity index (χ0) is 21.0. The number of rotatable bonds is 7. The molecule has 29 heavy (non-hydrogen) atoms. The summed E-state index contributed by atoms with van der Waals surface area (Å²) in [7, 11) is 0. The molecule has 0 saturated carbocycles. The fourth-order valence-electron chi connectivity index (χ4n) is 3.35. The monoisotopic (exact) mass is 392 g/mol. The van der Waals surface area contributed by atoms with Crippen molar-refractivity contribution in [2.45, 2.75) is 53.7 Å². The summed E-state index contributed by atoms with van der Waals surface area (Å²) in [6.45, 7) is 10.3. The van der Waals surface area contributed by atoms with Gasteiger partial charge in [0.05, 0.1) is 23.7 Å². The summed E-state index contributed by atoms with van der Waals surface area (Å²) in [5, 5.41) is 7.03. The molecular weight excluding hydrogens is 364 g/mol. The van der Waals surface area contributed by atoms with Crippen molar-refractivity contribution in [2.75, 3.05) is 0 Å². The average molecular weight is 392 g/mol. The Morgan fingerprint density at radius 3 is 2.48 bits per heavy atom. The summed E-state index contributed by atoms with van der Waals surface area (Å²) in [6, 6.07) is 13.9. The first-order valence-corrected chi connectivity index (χ1v) is 9.83. The number of amides is 1. The second-order valence-corrected chi connectivity index (χ2v) is 7.56. The molecule has 0 aliphatic heterocycles. The standard InChI is InChI=1S/C24H28N2O3/c1-15-6-7-16(2)22(12-15)17(3)25-24(27)13-20-8-10-21(11-9-20)28-14-23-18(4)26-29-19(23)5/h6-12,17H,13-14H2,1-5H3,(H,25,27). The van der Waals surface area contributed by atoms with Crippen LogP contribution in [0.15, 0.2) is 47.0 Å². The van der Waals surface area contributed by atoms with Crippen LogP contribution < -0.4 is 10.1 Å². The van der Waals surface area contributed by atoms with Gasteiger partial charge in [-0.2, -0.15) is 0 Å². The van der Waals surface area contributed by atoms with Crippen molar-refractivity contribution in [3.05, 3.63) is 81.7 Å². The van der Waals surface area contributed by atoms with E-state index in [1.165, 1.54) is 11.1 Å². The Hall–Kier alpha value is -3.08. The van der Waals surface area contributed by atoms with Crippen LogP contribution in [0.3, 0.4) is 0 Å². The predicted molar refractivity (Wildman–Crippen MR) is 113 cm³/mol. The molecule has 0 bridgehead atoms. The van der Waals surface area contributed by atoms with Gasteiger partial charge in [-0.1, -0.05) is 41.1 Å². The van der Waals surface area contributed by atoms with E-state index in [4.69, 9.17) is 9.26 Å². The topological polar surface area (TPSA) is 64.4 Å². The third-order valence-electron chi connectivity index (χ3n) is 5.13. The van der Waals surface area contributed by atoms with Crippen LogP contribution in [0.5, 0.6) is 5.75 Å². The van der Waals surface area contributed by atoms with Gasteiger partial charge in [-0.25, -0.2) is 0 Å². The maximum absolute atomic E-state index is 12.5. The number of aryl methyl sites for hydroxylation is 4. The van der Waals surface area contributed by atoms with E-state index in [9.17, 15) is 4.79 Å². The molecule has 2 aromatic carbocycles. The lowest BCUT2D eigenvalue weighted by Crippen LogP contribution is -2.28. The number of nitrogens with zero attached hydrogens (tertiary/aromatic N) is 1. The third kappa shape index (κ3) is 5.25. The lowest BCUT2D eigenvalue weighted by atomic mass is 10.00. The fraction of sp³-hybridized carbons (Fsp3) is 0.333. The summed E-state index contributed by atoms with van der Waals surface area (Å²) in [4.78, 5) is 12.5. The highest BCUT2D eigenvalue weighted by Crippen LogP contribution is 2.20. The molecule has 3 aromatic rings. The van der Waals surface area contributed by atoms with E-state index in [2.05, 4.69) is 42.5 Å². The van der Waals surface area contributed by atoms with E-state index in [0.717, 1.165) is 33.9 Å². The van der Waals surface area contributed by atoms with Crippen LogP contribution in [-0.4, -0.2) is 11.1 Å². The molecule has 1 unspecified atom stereocenters. The summed E-state index contributed by atoms with van der Waals surface area (Å²) < 4.78 is 11.0. The van der Waals surface area contributed by atoms with Gasteiger partial charge in [0.25, 0.3) is 0 Å². The van der Waals surface area contributed by atoms with Gasteiger partial charge < -0.3 is 14.6 Å². The van der Waals surface area contributed by atoms with E-state index in [-0.39, 0.29) is 11.9 Å². The van der Waals surface area contributed by atoms with Crippen molar-refractivity contribution >= 4 is 5.91 Å². The first kappa shape index (κ1) is 20.6. The van der Waals surface area contributed by atoms with E-state index in [1.54, 1.807) is 0 Å². The van der Waals surface area contributed by atoms with Gasteiger partial charge in [-0.05, 0) is 63.4 Å². The average Bonchev–Trinajstić information content (AvgIpc) is 3.00. The molecule has 0 aliphatic carbocycles. The minimum Gasteiger partial charge on any atom is -0.489 e. The van der Waals surface area contributed by atoms with Crippen LogP contribution in [0.4, 0.5) is 0 Å². The van der Waals surface area contributed by atoms with Crippen molar-refractivity contribution in [1.82, 2.24) is 10.5 Å². The van der Waals surface area contributed by atoms with Crippen LogP contribution in [-0.2, 0) is 17.8 Å². The van der Waals surface area contributed by atoms with Crippen LogP contribution in [0.25, 0.3) is 0 Å². The van der Waals surface area contributed by atoms with Gasteiger partial charge in [0.1, 0.15) is 18.1 Å². The molecule has 5 nitrogen and oxygen atoms in total. The maximum atomic E-state index is 12.5. The molecule has 0 spiro atoms. The first-order valence-electron chi connectivity index (χ1n) is 9.83. The van der Waals surface area contributed by atoms with Crippen LogP contribution in [0.2, 0.25) is 0 Å². The number of nitrogens with one attached hydrogen (secondary N) is 1. The Kier molecular flexibility index (Phi) is 6.37. The van der Waals surface area contributed by atoms with Crippen LogP contribution >= 0.6 is 0 Å². The second-order valence-electron chi connectivity index (χ2n) is 7.56. The van der Waals surface area contributed by atoms with Gasteiger partial charge in [0, 0.05) is 0 Å². The third-order valence-corrected chi connectivity index (χ3v) is 5.13.